The number of hydrogen-bond donors (Lipinski definition) is 1. The van der Waals surface area contributed by atoms with Crippen LogP contribution in [0, 0.1) is 0 Å². The molecule has 0 amide bonds. The standard InChI is InChI=1S/C13H13ClN2/c14-9-5-3-7-11-12(9)13(15)8-4-1-2-6-10(8)16-11/h1-2,4,6,9H,3,5,7H2,(H2,15,16). The van der Waals surface area contributed by atoms with Gasteiger partial charge in [0.1, 0.15) is 0 Å². The first-order valence-electron chi connectivity index (χ1n) is 5.58. The summed E-state index contributed by atoms with van der Waals surface area (Å²) in [6, 6.07) is 7.99. The van der Waals surface area contributed by atoms with Crippen molar-refractivity contribution in [2.45, 2.75) is 24.6 Å². The maximum absolute atomic E-state index is 6.33. The van der Waals surface area contributed by atoms with Gasteiger partial charge >= 0.3 is 0 Å². The van der Waals surface area contributed by atoms with Gasteiger partial charge in [0.25, 0.3) is 0 Å². The lowest BCUT2D eigenvalue weighted by molar-refractivity contribution is 0.656. The Morgan fingerprint density at radius 2 is 2.12 bits per heavy atom. The number of halogens is 1. The van der Waals surface area contributed by atoms with Crippen molar-refractivity contribution in [2.75, 3.05) is 5.73 Å². The van der Waals surface area contributed by atoms with Crippen molar-refractivity contribution in [3.8, 4) is 0 Å². The molecule has 3 heteroatoms. The number of rotatable bonds is 0. The molecule has 1 heterocycles. The highest BCUT2D eigenvalue weighted by molar-refractivity contribution is 6.21. The Bertz CT molecular complexity index is 551. The lowest BCUT2D eigenvalue weighted by atomic mass is 9.92. The third-order valence-corrected chi connectivity index (χ3v) is 3.67. The molecule has 1 aliphatic rings. The lowest BCUT2D eigenvalue weighted by Gasteiger charge is -2.22. The molecule has 3 rings (SSSR count). The van der Waals surface area contributed by atoms with Crippen LogP contribution in [-0.4, -0.2) is 4.98 Å². The fourth-order valence-corrected chi connectivity index (χ4v) is 2.84. The molecular weight excluding hydrogens is 220 g/mol. The zero-order valence-electron chi connectivity index (χ0n) is 8.91. The fourth-order valence-electron chi connectivity index (χ4n) is 2.44. The highest BCUT2D eigenvalue weighted by atomic mass is 35.5. The minimum absolute atomic E-state index is 0.0286. The number of pyridine rings is 1. The van der Waals surface area contributed by atoms with Crippen LogP contribution in [0.2, 0.25) is 0 Å². The van der Waals surface area contributed by atoms with Gasteiger partial charge in [0.15, 0.2) is 0 Å². The molecule has 1 aromatic carbocycles. The second kappa shape index (κ2) is 3.63. The first-order chi connectivity index (χ1) is 7.77. The molecule has 0 aliphatic heterocycles. The second-order valence-corrected chi connectivity index (χ2v) is 4.79. The number of anilines is 1. The van der Waals surface area contributed by atoms with Crippen molar-refractivity contribution in [3.63, 3.8) is 0 Å². The Hall–Kier alpha value is -1.28. The molecule has 0 radical (unpaired) electrons. The molecule has 1 atom stereocenters. The number of aromatic nitrogens is 1. The van der Waals surface area contributed by atoms with E-state index in [1.807, 2.05) is 24.3 Å². The minimum atomic E-state index is 0.0286. The normalized spacial score (nSPS) is 19.7. The van der Waals surface area contributed by atoms with Gasteiger partial charge in [-0.3, -0.25) is 4.98 Å². The summed E-state index contributed by atoms with van der Waals surface area (Å²) in [5.41, 5.74) is 10.1. The molecule has 0 fully saturated rings. The maximum atomic E-state index is 6.33. The molecule has 0 saturated heterocycles. The summed E-state index contributed by atoms with van der Waals surface area (Å²) in [6.07, 6.45) is 3.10. The van der Waals surface area contributed by atoms with Crippen molar-refractivity contribution in [3.05, 3.63) is 35.5 Å². The molecule has 2 aromatic rings. The zero-order valence-corrected chi connectivity index (χ0v) is 9.67. The molecule has 16 heavy (non-hydrogen) atoms. The number of benzene rings is 1. The number of alkyl halides is 1. The largest absolute Gasteiger partial charge is 0.398 e. The number of para-hydroxylation sites is 1. The summed E-state index contributed by atoms with van der Waals surface area (Å²) in [6.45, 7) is 0. The average molecular weight is 233 g/mol. The number of nitrogens with two attached hydrogens (primary N) is 1. The first kappa shape index (κ1) is 9.91. The summed E-state index contributed by atoms with van der Waals surface area (Å²) in [7, 11) is 0. The summed E-state index contributed by atoms with van der Waals surface area (Å²) in [5.74, 6) is 0. The van der Waals surface area contributed by atoms with E-state index in [2.05, 4.69) is 4.98 Å². The van der Waals surface area contributed by atoms with Gasteiger partial charge in [-0.25, -0.2) is 0 Å². The van der Waals surface area contributed by atoms with E-state index >= 15 is 0 Å². The van der Waals surface area contributed by atoms with Crippen molar-refractivity contribution in [2.24, 2.45) is 0 Å². The molecule has 0 saturated carbocycles. The summed E-state index contributed by atoms with van der Waals surface area (Å²) in [4.78, 5) is 4.66. The van der Waals surface area contributed by atoms with Crippen molar-refractivity contribution < 1.29 is 0 Å². The number of nitrogens with zero attached hydrogens (tertiary/aromatic N) is 1. The number of nitrogen functional groups attached to an aromatic ring is 1. The predicted molar refractivity (Wildman–Crippen MR) is 67.7 cm³/mol. The topological polar surface area (TPSA) is 38.9 Å². The number of fused-ring (bicyclic) bond motifs is 2. The quantitative estimate of drug-likeness (QED) is 0.707. The molecule has 2 nitrogen and oxygen atoms in total. The van der Waals surface area contributed by atoms with Gasteiger partial charge in [-0.2, -0.15) is 0 Å². The third-order valence-electron chi connectivity index (χ3n) is 3.24. The van der Waals surface area contributed by atoms with Crippen LogP contribution < -0.4 is 5.73 Å². The molecule has 2 N–H and O–H groups in total. The zero-order chi connectivity index (χ0) is 11.1. The summed E-state index contributed by atoms with van der Waals surface area (Å²) in [5, 5.41) is 1.05. The van der Waals surface area contributed by atoms with E-state index < -0.39 is 0 Å². The van der Waals surface area contributed by atoms with Crippen LogP contribution in [0.25, 0.3) is 10.9 Å². The monoisotopic (exact) mass is 232 g/mol. The van der Waals surface area contributed by atoms with E-state index in [9.17, 15) is 0 Å². The Morgan fingerprint density at radius 3 is 3.00 bits per heavy atom. The van der Waals surface area contributed by atoms with Crippen molar-refractivity contribution in [1.29, 1.82) is 0 Å². The van der Waals surface area contributed by atoms with Crippen LogP contribution in [-0.2, 0) is 6.42 Å². The minimum Gasteiger partial charge on any atom is -0.398 e. The van der Waals surface area contributed by atoms with E-state index in [1.54, 1.807) is 0 Å². The van der Waals surface area contributed by atoms with E-state index in [0.717, 1.165) is 47.1 Å². The second-order valence-electron chi connectivity index (χ2n) is 4.26. The van der Waals surface area contributed by atoms with Crippen LogP contribution in [0.5, 0.6) is 0 Å². The molecular formula is C13H13ClN2. The molecule has 1 aromatic heterocycles. The summed E-state index contributed by atoms with van der Waals surface area (Å²) < 4.78 is 0. The van der Waals surface area contributed by atoms with Crippen LogP contribution in [0.15, 0.2) is 24.3 Å². The Labute approximate surface area is 99.4 Å². The summed E-state index contributed by atoms with van der Waals surface area (Å²) >= 11 is 6.33. The number of hydrogen-bond acceptors (Lipinski definition) is 2. The SMILES string of the molecule is Nc1c2c(nc3ccccc13)CCCC2Cl. The van der Waals surface area contributed by atoms with Gasteiger partial charge in [0.05, 0.1) is 10.9 Å². The first-order valence-corrected chi connectivity index (χ1v) is 6.02. The average Bonchev–Trinajstić information content (AvgIpc) is 2.29. The highest BCUT2D eigenvalue weighted by Gasteiger charge is 2.23. The van der Waals surface area contributed by atoms with Gasteiger partial charge in [-0.15, -0.1) is 11.6 Å². The van der Waals surface area contributed by atoms with Crippen molar-refractivity contribution in [1.82, 2.24) is 4.98 Å². The predicted octanol–water partition coefficient (Wildman–Crippen LogP) is 3.43. The highest BCUT2D eigenvalue weighted by Crippen LogP contribution is 2.40. The molecule has 0 bridgehead atoms. The molecule has 0 spiro atoms. The van der Waals surface area contributed by atoms with E-state index in [-0.39, 0.29) is 5.38 Å². The molecule has 1 unspecified atom stereocenters. The Kier molecular flexibility index (Phi) is 2.25. The third kappa shape index (κ3) is 1.37. The fraction of sp³-hybridized carbons (Fsp3) is 0.308. The Morgan fingerprint density at radius 1 is 1.31 bits per heavy atom. The maximum Gasteiger partial charge on any atom is 0.0726 e. The molecule has 82 valence electrons. The molecule has 1 aliphatic carbocycles. The van der Waals surface area contributed by atoms with Crippen molar-refractivity contribution >= 4 is 28.2 Å². The van der Waals surface area contributed by atoms with E-state index in [0.29, 0.717) is 0 Å². The van der Waals surface area contributed by atoms with Gasteiger partial charge in [-0.05, 0) is 25.3 Å². The Balaban J connectivity index is 2.36. The van der Waals surface area contributed by atoms with Gasteiger partial charge in [0, 0.05) is 22.3 Å². The van der Waals surface area contributed by atoms with Gasteiger partial charge in [-0.1, -0.05) is 18.2 Å². The van der Waals surface area contributed by atoms with Crippen LogP contribution in [0.4, 0.5) is 5.69 Å². The van der Waals surface area contributed by atoms with E-state index in [1.165, 1.54) is 0 Å². The van der Waals surface area contributed by atoms with Crippen LogP contribution in [0.3, 0.4) is 0 Å². The number of aryl methyl sites for hydroxylation is 1. The van der Waals surface area contributed by atoms with Gasteiger partial charge in [0.2, 0.25) is 0 Å². The lowest BCUT2D eigenvalue weighted by Crippen LogP contribution is -2.11. The van der Waals surface area contributed by atoms with E-state index in [4.69, 9.17) is 17.3 Å². The van der Waals surface area contributed by atoms with Crippen LogP contribution in [0.1, 0.15) is 29.5 Å². The smallest absolute Gasteiger partial charge is 0.0726 e. The van der Waals surface area contributed by atoms with Crippen LogP contribution >= 0.6 is 11.6 Å². The van der Waals surface area contributed by atoms with Gasteiger partial charge < -0.3 is 5.73 Å².